The lowest BCUT2D eigenvalue weighted by molar-refractivity contribution is -0.121. The highest BCUT2D eigenvalue weighted by Gasteiger charge is 2.19. The second-order valence-electron chi connectivity index (χ2n) is 3.65. The average molecular weight is 254 g/mol. The summed E-state index contributed by atoms with van der Waals surface area (Å²) in [6.45, 7) is 3.16. The summed E-state index contributed by atoms with van der Waals surface area (Å²) < 4.78 is 1.50. The minimum atomic E-state index is -0.315. The Morgan fingerprint density at radius 3 is 2.83 bits per heavy atom. The van der Waals surface area contributed by atoms with Crippen molar-refractivity contribution in [2.24, 2.45) is 5.73 Å². The Bertz CT molecular complexity index is 416. The number of amides is 2. The minimum Gasteiger partial charge on any atom is -0.358 e. The maximum atomic E-state index is 12.0. The highest BCUT2D eigenvalue weighted by atomic mass is 16.2. The predicted octanol–water partition coefficient (Wildman–Crippen LogP) is -1.56. The van der Waals surface area contributed by atoms with Gasteiger partial charge in [0.2, 0.25) is 5.91 Å². The lowest BCUT2D eigenvalue weighted by Gasteiger charge is -2.18. The van der Waals surface area contributed by atoms with E-state index in [1.165, 1.54) is 22.8 Å². The van der Waals surface area contributed by atoms with E-state index in [0.717, 1.165) is 0 Å². The number of carbonyl (C=O) groups is 2. The van der Waals surface area contributed by atoms with Gasteiger partial charge < -0.3 is 16.0 Å². The Labute approximate surface area is 105 Å². The standard InChI is InChI=1S/C10H18N6O2/c1-3-15(7-9(17)12-2)10(18)8-6-16(5-4-11)14-13-8/h6H,3-5,7,11H2,1-2H3,(H,12,17). The van der Waals surface area contributed by atoms with Gasteiger partial charge in [0.25, 0.3) is 5.91 Å². The molecule has 0 atom stereocenters. The van der Waals surface area contributed by atoms with Crippen molar-refractivity contribution in [2.45, 2.75) is 13.5 Å². The van der Waals surface area contributed by atoms with Crippen molar-refractivity contribution in [3.8, 4) is 0 Å². The number of nitrogens with one attached hydrogen (secondary N) is 1. The van der Waals surface area contributed by atoms with Gasteiger partial charge in [-0.3, -0.25) is 14.3 Å². The number of rotatable bonds is 6. The first-order valence-electron chi connectivity index (χ1n) is 5.72. The molecule has 1 heterocycles. The topological polar surface area (TPSA) is 106 Å². The molecule has 8 nitrogen and oxygen atoms in total. The van der Waals surface area contributed by atoms with Crippen LogP contribution in [0.2, 0.25) is 0 Å². The van der Waals surface area contributed by atoms with Crippen LogP contribution in [0.25, 0.3) is 0 Å². The van der Waals surface area contributed by atoms with Crippen molar-refractivity contribution in [1.82, 2.24) is 25.2 Å². The highest BCUT2D eigenvalue weighted by molar-refractivity contribution is 5.94. The summed E-state index contributed by atoms with van der Waals surface area (Å²) in [6.07, 6.45) is 1.53. The number of carbonyl (C=O) groups excluding carboxylic acids is 2. The van der Waals surface area contributed by atoms with Crippen molar-refractivity contribution < 1.29 is 9.59 Å². The van der Waals surface area contributed by atoms with E-state index in [-0.39, 0.29) is 24.1 Å². The van der Waals surface area contributed by atoms with E-state index in [1.807, 2.05) is 0 Å². The van der Waals surface area contributed by atoms with Gasteiger partial charge in [0.05, 0.1) is 19.3 Å². The van der Waals surface area contributed by atoms with Crippen LogP contribution < -0.4 is 11.1 Å². The number of nitrogens with zero attached hydrogens (tertiary/aromatic N) is 4. The molecular formula is C10H18N6O2. The molecule has 0 radical (unpaired) electrons. The second kappa shape index (κ2) is 6.70. The van der Waals surface area contributed by atoms with Crippen molar-refractivity contribution in [1.29, 1.82) is 0 Å². The molecule has 1 aromatic rings. The Kier molecular flexibility index (Phi) is 5.25. The van der Waals surface area contributed by atoms with Gasteiger partial charge in [-0.1, -0.05) is 5.21 Å². The molecule has 0 aromatic carbocycles. The van der Waals surface area contributed by atoms with Crippen LogP contribution in [0.3, 0.4) is 0 Å². The number of hydrogen-bond donors (Lipinski definition) is 2. The maximum absolute atomic E-state index is 12.0. The number of nitrogens with two attached hydrogens (primary N) is 1. The molecule has 8 heteroatoms. The SMILES string of the molecule is CCN(CC(=O)NC)C(=O)c1cn(CCN)nn1. The Morgan fingerprint density at radius 1 is 1.56 bits per heavy atom. The average Bonchev–Trinajstić information content (AvgIpc) is 2.83. The van der Waals surface area contributed by atoms with Crippen LogP contribution in [0, 0.1) is 0 Å². The summed E-state index contributed by atoms with van der Waals surface area (Å²) in [5.74, 6) is -0.538. The fourth-order valence-corrected chi connectivity index (χ4v) is 1.38. The molecule has 0 aliphatic heterocycles. The molecule has 100 valence electrons. The zero-order valence-corrected chi connectivity index (χ0v) is 10.6. The zero-order valence-electron chi connectivity index (χ0n) is 10.6. The minimum absolute atomic E-state index is 0.00951. The van der Waals surface area contributed by atoms with Gasteiger partial charge in [-0.2, -0.15) is 0 Å². The molecular weight excluding hydrogens is 236 g/mol. The monoisotopic (exact) mass is 254 g/mol. The van der Waals surface area contributed by atoms with E-state index < -0.39 is 0 Å². The molecule has 0 spiro atoms. The normalized spacial score (nSPS) is 10.2. The zero-order chi connectivity index (χ0) is 13.5. The summed E-state index contributed by atoms with van der Waals surface area (Å²) in [7, 11) is 1.53. The first kappa shape index (κ1) is 14.1. The van der Waals surface area contributed by atoms with Gasteiger partial charge >= 0.3 is 0 Å². The molecule has 0 aliphatic rings. The van der Waals surface area contributed by atoms with Crippen LogP contribution >= 0.6 is 0 Å². The van der Waals surface area contributed by atoms with Crippen LogP contribution in [-0.4, -0.2) is 58.4 Å². The number of likely N-dealkylation sites (N-methyl/N-ethyl adjacent to an activating group) is 2. The molecule has 3 N–H and O–H groups in total. The quantitative estimate of drug-likeness (QED) is 0.639. The van der Waals surface area contributed by atoms with E-state index >= 15 is 0 Å². The maximum Gasteiger partial charge on any atom is 0.276 e. The van der Waals surface area contributed by atoms with Crippen LogP contribution in [0.5, 0.6) is 0 Å². The van der Waals surface area contributed by atoms with Gasteiger partial charge in [0, 0.05) is 20.1 Å². The van der Waals surface area contributed by atoms with Gasteiger partial charge in [0.15, 0.2) is 5.69 Å². The summed E-state index contributed by atoms with van der Waals surface area (Å²) in [5.41, 5.74) is 5.60. The van der Waals surface area contributed by atoms with Gasteiger partial charge in [-0.25, -0.2) is 0 Å². The van der Waals surface area contributed by atoms with Crippen molar-refractivity contribution >= 4 is 11.8 Å². The third-order valence-corrected chi connectivity index (χ3v) is 2.40. The van der Waals surface area contributed by atoms with E-state index in [9.17, 15) is 9.59 Å². The van der Waals surface area contributed by atoms with E-state index in [1.54, 1.807) is 6.92 Å². The van der Waals surface area contributed by atoms with E-state index in [4.69, 9.17) is 5.73 Å². The predicted molar refractivity (Wildman–Crippen MR) is 64.7 cm³/mol. The van der Waals surface area contributed by atoms with Crippen molar-refractivity contribution in [3.05, 3.63) is 11.9 Å². The fraction of sp³-hybridized carbons (Fsp3) is 0.600. The molecule has 2 amide bonds. The van der Waals surface area contributed by atoms with Gasteiger partial charge in [-0.15, -0.1) is 5.10 Å². The first-order chi connectivity index (χ1) is 8.62. The lowest BCUT2D eigenvalue weighted by Crippen LogP contribution is -2.39. The molecule has 1 rings (SSSR count). The van der Waals surface area contributed by atoms with Crippen LogP contribution in [0.15, 0.2) is 6.20 Å². The summed E-state index contributed by atoms with van der Waals surface area (Å²) in [5, 5.41) is 10.0. The lowest BCUT2D eigenvalue weighted by atomic mass is 10.3. The molecule has 0 aliphatic carbocycles. The largest absolute Gasteiger partial charge is 0.358 e. The van der Waals surface area contributed by atoms with Crippen LogP contribution in [0.4, 0.5) is 0 Å². The van der Waals surface area contributed by atoms with Gasteiger partial charge in [-0.05, 0) is 6.92 Å². The Balaban J connectivity index is 2.73. The number of aromatic nitrogens is 3. The van der Waals surface area contributed by atoms with E-state index in [0.29, 0.717) is 19.6 Å². The molecule has 0 bridgehead atoms. The van der Waals surface area contributed by atoms with E-state index in [2.05, 4.69) is 15.6 Å². The second-order valence-corrected chi connectivity index (χ2v) is 3.65. The molecule has 0 saturated heterocycles. The molecule has 1 aromatic heterocycles. The molecule has 0 unspecified atom stereocenters. The summed E-state index contributed by atoms with van der Waals surface area (Å²) in [4.78, 5) is 24.7. The smallest absolute Gasteiger partial charge is 0.276 e. The van der Waals surface area contributed by atoms with Crippen LogP contribution in [-0.2, 0) is 11.3 Å². The number of hydrogen-bond acceptors (Lipinski definition) is 5. The summed E-state index contributed by atoms with van der Waals surface area (Å²) in [6, 6.07) is 0. The Hall–Kier alpha value is -1.96. The summed E-state index contributed by atoms with van der Waals surface area (Å²) >= 11 is 0. The third-order valence-electron chi connectivity index (χ3n) is 2.40. The molecule has 0 saturated carbocycles. The van der Waals surface area contributed by atoms with Crippen molar-refractivity contribution in [2.75, 3.05) is 26.7 Å². The van der Waals surface area contributed by atoms with Crippen molar-refractivity contribution in [3.63, 3.8) is 0 Å². The third kappa shape index (κ3) is 3.52. The Morgan fingerprint density at radius 2 is 2.28 bits per heavy atom. The molecule has 0 fully saturated rings. The fourth-order valence-electron chi connectivity index (χ4n) is 1.38. The van der Waals surface area contributed by atoms with Crippen LogP contribution in [0.1, 0.15) is 17.4 Å². The molecule has 18 heavy (non-hydrogen) atoms. The first-order valence-corrected chi connectivity index (χ1v) is 5.72. The van der Waals surface area contributed by atoms with Gasteiger partial charge in [0.1, 0.15) is 0 Å². The highest BCUT2D eigenvalue weighted by Crippen LogP contribution is 2.00.